The zero-order valence-corrected chi connectivity index (χ0v) is 11.6. The third-order valence-electron chi connectivity index (χ3n) is 3.73. The van der Waals surface area contributed by atoms with Crippen molar-refractivity contribution < 1.29 is 14.5 Å². The molecule has 1 aliphatic rings. The van der Waals surface area contributed by atoms with Gasteiger partial charge in [-0.05, 0) is 5.56 Å². The zero-order valence-electron chi connectivity index (χ0n) is 11.6. The molecule has 0 fully saturated rings. The molecule has 0 radical (unpaired) electrons. The maximum absolute atomic E-state index is 12.6. The Morgan fingerprint density at radius 2 is 1.62 bits per heavy atom. The molecule has 1 heterocycles. The first-order valence-electron chi connectivity index (χ1n) is 6.80. The molecular formula is C17H15NO3. The summed E-state index contributed by atoms with van der Waals surface area (Å²) in [6.07, 6.45) is -0.813. The maximum Gasteiger partial charge on any atom is 0.228 e. The van der Waals surface area contributed by atoms with Crippen LogP contribution >= 0.6 is 0 Å². The van der Waals surface area contributed by atoms with Gasteiger partial charge in [0, 0.05) is 17.4 Å². The first-order chi connectivity index (χ1) is 10.2. The van der Waals surface area contributed by atoms with Gasteiger partial charge < -0.3 is 4.84 Å². The molecule has 0 bridgehead atoms. The summed E-state index contributed by atoms with van der Waals surface area (Å²) in [5.74, 6) is -0.529. The summed E-state index contributed by atoms with van der Waals surface area (Å²) in [6, 6.07) is 18.4. The molecule has 0 saturated carbocycles. The highest BCUT2D eigenvalue weighted by molar-refractivity contribution is 6.04. The first kappa shape index (κ1) is 13.4. The molecule has 2 aromatic carbocycles. The minimum absolute atomic E-state index is 0.179. The average molecular weight is 281 g/mol. The van der Waals surface area contributed by atoms with Crippen LogP contribution < -0.4 is 0 Å². The van der Waals surface area contributed by atoms with Crippen molar-refractivity contribution in [3.8, 4) is 0 Å². The summed E-state index contributed by atoms with van der Waals surface area (Å²) in [7, 11) is 0. The summed E-state index contributed by atoms with van der Waals surface area (Å²) in [5, 5.41) is 11.8. The molecule has 0 aliphatic carbocycles. The molecule has 0 amide bonds. The van der Waals surface area contributed by atoms with Gasteiger partial charge >= 0.3 is 0 Å². The highest BCUT2D eigenvalue weighted by Gasteiger charge is 2.42. The molecule has 4 heteroatoms. The Morgan fingerprint density at radius 3 is 2.24 bits per heavy atom. The molecule has 106 valence electrons. The minimum atomic E-state index is -0.813. The van der Waals surface area contributed by atoms with Gasteiger partial charge in [0.25, 0.3) is 0 Å². The average Bonchev–Trinajstić information content (AvgIpc) is 2.84. The monoisotopic (exact) mass is 281 g/mol. The van der Waals surface area contributed by atoms with Crippen molar-refractivity contribution in [3.63, 3.8) is 0 Å². The van der Waals surface area contributed by atoms with Crippen molar-refractivity contribution in [2.24, 2.45) is 0 Å². The van der Waals surface area contributed by atoms with Gasteiger partial charge in [-0.3, -0.25) is 10.0 Å². The number of hydrogen-bond acceptors (Lipinski definition) is 3. The number of nitrogens with zero attached hydrogens (tertiary/aromatic N) is 1. The van der Waals surface area contributed by atoms with E-state index in [1.807, 2.05) is 36.4 Å². The quantitative estimate of drug-likeness (QED) is 0.642. The number of Topliss-reactive ketones (excluding diaryl/α,β-unsaturated/α-hetero) is 1. The molecular weight excluding hydrogens is 266 g/mol. The fourth-order valence-corrected chi connectivity index (χ4v) is 2.62. The van der Waals surface area contributed by atoms with Crippen LogP contribution in [0.1, 0.15) is 28.8 Å². The van der Waals surface area contributed by atoms with Gasteiger partial charge in [0.05, 0.1) is 5.92 Å². The van der Waals surface area contributed by atoms with Crippen LogP contribution in [0.15, 0.2) is 60.7 Å². The summed E-state index contributed by atoms with van der Waals surface area (Å²) < 4.78 is 0. The van der Waals surface area contributed by atoms with Crippen molar-refractivity contribution in [2.45, 2.75) is 18.9 Å². The van der Waals surface area contributed by atoms with Crippen molar-refractivity contribution in [1.29, 1.82) is 0 Å². The second kappa shape index (κ2) is 5.40. The molecule has 0 N–H and O–H groups in total. The van der Waals surface area contributed by atoms with Crippen LogP contribution in [0.5, 0.6) is 0 Å². The Labute approximate surface area is 122 Å². The molecule has 0 spiro atoms. The zero-order chi connectivity index (χ0) is 14.8. The summed E-state index contributed by atoms with van der Waals surface area (Å²) >= 11 is 0. The first-order valence-corrected chi connectivity index (χ1v) is 6.80. The molecule has 4 nitrogen and oxygen atoms in total. The van der Waals surface area contributed by atoms with E-state index in [1.54, 1.807) is 31.2 Å². The fourth-order valence-electron chi connectivity index (χ4n) is 2.62. The standard InChI is InChI=1S/C17H15NO3/c1-12-15(13-8-4-2-5-9-13)17(21-18(12)20)16(19)14-10-6-3-7-11-14/h2-11,15,17H,1H3. The fraction of sp³-hybridized carbons (Fsp3) is 0.176. The largest absolute Gasteiger partial charge is 0.391 e. The lowest BCUT2D eigenvalue weighted by molar-refractivity contribution is -0.736. The van der Waals surface area contributed by atoms with Crippen LogP contribution in [0.2, 0.25) is 0 Å². The van der Waals surface area contributed by atoms with Crippen LogP contribution in [-0.2, 0) is 4.84 Å². The predicted octanol–water partition coefficient (Wildman–Crippen LogP) is 2.94. The Kier molecular flexibility index (Phi) is 3.44. The van der Waals surface area contributed by atoms with Crippen LogP contribution in [0.3, 0.4) is 0 Å². The van der Waals surface area contributed by atoms with Crippen LogP contribution in [0, 0.1) is 5.21 Å². The lowest BCUT2D eigenvalue weighted by Crippen LogP contribution is -2.29. The van der Waals surface area contributed by atoms with Crippen molar-refractivity contribution in [1.82, 2.24) is 0 Å². The van der Waals surface area contributed by atoms with Gasteiger partial charge in [0.1, 0.15) is 6.10 Å². The van der Waals surface area contributed by atoms with E-state index in [-0.39, 0.29) is 11.7 Å². The lowest BCUT2D eigenvalue weighted by atomic mass is 9.86. The smallest absolute Gasteiger partial charge is 0.228 e. The third-order valence-corrected chi connectivity index (χ3v) is 3.73. The number of benzene rings is 2. The van der Waals surface area contributed by atoms with E-state index in [2.05, 4.69) is 0 Å². The Hall–Kier alpha value is -2.62. The van der Waals surface area contributed by atoms with Gasteiger partial charge in [-0.25, -0.2) is 0 Å². The van der Waals surface area contributed by atoms with Crippen LogP contribution in [-0.4, -0.2) is 22.5 Å². The molecule has 2 aromatic rings. The number of carbonyl (C=O) groups is 1. The van der Waals surface area contributed by atoms with Crippen LogP contribution in [0.4, 0.5) is 0 Å². The number of rotatable bonds is 3. The maximum atomic E-state index is 12.6. The Morgan fingerprint density at radius 1 is 1.05 bits per heavy atom. The molecule has 21 heavy (non-hydrogen) atoms. The van der Waals surface area contributed by atoms with Gasteiger partial charge in [-0.1, -0.05) is 60.7 Å². The van der Waals surface area contributed by atoms with Crippen molar-refractivity contribution in [2.75, 3.05) is 0 Å². The van der Waals surface area contributed by atoms with E-state index in [4.69, 9.17) is 4.84 Å². The highest BCUT2D eigenvalue weighted by Crippen LogP contribution is 2.30. The molecule has 0 aromatic heterocycles. The SMILES string of the molecule is CC1=[N+]([O-])OC(C(=O)c2ccccc2)C1c1ccccc1. The van der Waals surface area contributed by atoms with Crippen molar-refractivity contribution >= 4 is 11.5 Å². The van der Waals surface area contributed by atoms with E-state index in [9.17, 15) is 10.0 Å². The van der Waals surface area contributed by atoms with E-state index in [0.717, 1.165) is 5.56 Å². The predicted molar refractivity (Wildman–Crippen MR) is 79.1 cm³/mol. The minimum Gasteiger partial charge on any atom is -0.391 e. The molecule has 2 atom stereocenters. The second-order valence-corrected chi connectivity index (χ2v) is 5.04. The number of ketones is 1. The summed E-state index contributed by atoms with van der Waals surface area (Å²) in [5.41, 5.74) is 1.95. The lowest BCUT2D eigenvalue weighted by Gasteiger charge is -2.18. The number of carbonyl (C=O) groups excluding carboxylic acids is 1. The topological polar surface area (TPSA) is 52.4 Å². The summed E-state index contributed by atoms with van der Waals surface area (Å²) in [6.45, 7) is 1.70. The molecule has 3 rings (SSSR count). The Balaban J connectivity index is 1.97. The van der Waals surface area contributed by atoms with E-state index in [1.165, 1.54) is 0 Å². The van der Waals surface area contributed by atoms with Gasteiger partial charge in [0.2, 0.25) is 5.71 Å². The molecule has 0 saturated heterocycles. The highest BCUT2D eigenvalue weighted by atomic mass is 16.9. The van der Waals surface area contributed by atoms with E-state index in [0.29, 0.717) is 16.2 Å². The van der Waals surface area contributed by atoms with Crippen LogP contribution in [0.25, 0.3) is 0 Å². The molecule has 2 unspecified atom stereocenters. The second-order valence-electron chi connectivity index (χ2n) is 5.04. The molecule has 1 aliphatic heterocycles. The Bertz CT molecular complexity index is 680. The van der Waals surface area contributed by atoms with E-state index < -0.39 is 6.10 Å². The van der Waals surface area contributed by atoms with Crippen molar-refractivity contribution in [3.05, 3.63) is 77.0 Å². The van der Waals surface area contributed by atoms with Gasteiger partial charge in [-0.2, -0.15) is 0 Å². The van der Waals surface area contributed by atoms with Gasteiger partial charge in [0.15, 0.2) is 5.78 Å². The number of hydrogen-bond donors (Lipinski definition) is 0. The van der Waals surface area contributed by atoms with E-state index >= 15 is 0 Å². The summed E-state index contributed by atoms with van der Waals surface area (Å²) in [4.78, 5) is 18.3. The normalized spacial score (nSPS) is 21.2. The third kappa shape index (κ3) is 2.40. The van der Waals surface area contributed by atoms with Gasteiger partial charge in [-0.15, -0.1) is 0 Å².